The molecule has 1 atom stereocenters. The molecule has 0 radical (unpaired) electrons. The van der Waals surface area contributed by atoms with Gasteiger partial charge in [-0.15, -0.1) is 24.0 Å². The highest BCUT2D eigenvalue weighted by molar-refractivity contribution is 14.0. The molecule has 6 nitrogen and oxygen atoms in total. The molecule has 0 heterocycles. The molecule has 1 aromatic rings. The smallest absolute Gasteiger partial charge is 0.227 e. The van der Waals surface area contributed by atoms with Gasteiger partial charge < -0.3 is 20.7 Å². The van der Waals surface area contributed by atoms with E-state index in [4.69, 9.17) is 4.74 Å². The lowest BCUT2D eigenvalue weighted by molar-refractivity contribution is -0.128. The third kappa shape index (κ3) is 8.68. The van der Waals surface area contributed by atoms with Crippen molar-refractivity contribution >= 4 is 35.8 Å². The van der Waals surface area contributed by atoms with Crippen molar-refractivity contribution in [3.8, 4) is 5.75 Å². The van der Waals surface area contributed by atoms with Gasteiger partial charge in [0.1, 0.15) is 17.7 Å². The van der Waals surface area contributed by atoms with Crippen LogP contribution in [0.4, 0.5) is 4.39 Å². The third-order valence-corrected chi connectivity index (χ3v) is 3.51. The van der Waals surface area contributed by atoms with Crippen molar-refractivity contribution in [1.82, 2.24) is 16.0 Å². The average Bonchev–Trinajstić information content (AvgIpc) is 2.56. The molecule has 0 saturated carbocycles. The maximum atomic E-state index is 13.2. The van der Waals surface area contributed by atoms with Crippen LogP contribution >= 0.6 is 24.0 Å². The molecule has 1 amide bonds. The van der Waals surface area contributed by atoms with Crippen molar-refractivity contribution < 1.29 is 13.9 Å². The Morgan fingerprint density at radius 3 is 2.62 bits per heavy atom. The van der Waals surface area contributed by atoms with Crippen LogP contribution in [0.15, 0.2) is 29.3 Å². The van der Waals surface area contributed by atoms with Crippen molar-refractivity contribution in [1.29, 1.82) is 0 Å². The fraction of sp³-hybridized carbons (Fsp3) is 0.556. The number of aliphatic imine (C=N–C) groups is 1. The van der Waals surface area contributed by atoms with Crippen LogP contribution in [-0.4, -0.2) is 44.7 Å². The van der Waals surface area contributed by atoms with Crippen molar-refractivity contribution in [3.63, 3.8) is 0 Å². The van der Waals surface area contributed by atoms with E-state index in [0.29, 0.717) is 31.3 Å². The number of hydrogen-bond donors (Lipinski definition) is 3. The standard InChI is InChI=1S/C18H29FN4O2.HI/c1-6-21-17(23-12-18(3,4)16(24)20-5)22-11-13(2)25-15-9-7-8-14(19)10-15;/h7-10,13H,6,11-12H2,1-5H3,(H,20,24)(H2,21,22,23);1H. The van der Waals surface area contributed by atoms with Gasteiger partial charge in [-0.05, 0) is 39.8 Å². The van der Waals surface area contributed by atoms with Gasteiger partial charge in [0, 0.05) is 19.7 Å². The summed E-state index contributed by atoms with van der Waals surface area (Å²) in [6.07, 6.45) is -0.183. The van der Waals surface area contributed by atoms with Gasteiger partial charge in [-0.3, -0.25) is 9.79 Å². The van der Waals surface area contributed by atoms with Gasteiger partial charge in [0.15, 0.2) is 5.96 Å². The Bertz CT molecular complexity index is 596. The lowest BCUT2D eigenvalue weighted by Gasteiger charge is -2.22. The van der Waals surface area contributed by atoms with Crippen LogP contribution in [0.3, 0.4) is 0 Å². The minimum atomic E-state index is -0.596. The normalized spacial score (nSPS) is 12.6. The third-order valence-electron chi connectivity index (χ3n) is 3.51. The highest BCUT2D eigenvalue weighted by Crippen LogP contribution is 2.15. The maximum Gasteiger partial charge on any atom is 0.227 e. The number of carbonyl (C=O) groups is 1. The topological polar surface area (TPSA) is 74.8 Å². The maximum absolute atomic E-state index is 13.2. The van der Waals surface area contributed by atoms with E-state index in [1.54, 1.807) is 19.2 Å². The molecule has 0 fully saturated rings. The van der Waals surface area contributed by atoms with Gasteiger partial charge >= 0.3 is 0 Å². The number of rotatable bonds is 8. The van der Waals surface area contributed by atoms with Crippen molar-refractivity contribution in [2.24, 2.45) is 10.4 Å². The number of halogens is 2. The summed E-state index contributed by atoms with van der Waals surface area (Å²) in [4.78, 5) is 16.3. The SMILES string of the molecule is CCNC(=NCC(C)(C)C(=O)NC)NCC(C)Oc1cccc(F)c1.I. The van der Waals surface area contributed by atoms with Crippen LogP contribution in [0.2, 0.25) is 0 Å². The summed E-state index contributed by atoms with van der Waals surface area (Å²) in [5, 5.41) is 8.95. The monoisotopic (exact) mass is 480 g/mol. The van der Waals surface area contributed by atoms with E-state index in [9.17, 15) is 9.18 Å². The molecule has 1 rings (SSSR count). The zero-order valence-electron chi connectivity index (χ0n) is 16.1. The molecule has 148 valence electrons. The fourth-order valence-corrected chi connectivity index (χ4v) is 2.08. The Morgan fingerprint density at radius 2 is 2.04 bits per heavy atom. The number of nitrogens with one attached hydrogen (secondary N) is 3. The molecular formula is C18H30FIN4O2. The highest BCUT2D eigenvalue weighted by atomic mass is 127. The zero-order valence-corrected chi connectivity index (χ0v) is 18.4. The van der Waals surface area contributed by atoms with E-state index < -0.39 is 5.41 Å². The molecule has 1 unspecified atom stereocenters. The summed E-state index contributed by atoms with van der Waals surface area (Å²) in [6.45, 7) is 9.07. The minimum absolute atomic E-state index is 0. The second kappa shape index (κ2) is 11.9. The van der Waals surface area contributed by atoms with Crippen molar-refractivity contribution in [2.75, 3.05) is 26.7 Å². The zero-order chi connectivity index (χ0) is 18.9. The quantitative estimate of drug-likeness (QED) is 0.304. The minimum Gasteiger partial charge on any atom is -0.489 e. The number of amides is 1. The van der Waals surface area contributed by atoms with E-state index in [1.807, 2.05) is 27.7 Å². The van der Waals surface area contributed by atoms with Gasteiger partial charge in [0.05, 0.1) is 18.5 Å². The molecule has 0 aliphatic rings. The van der Waals surface area contributed by atoms with Crippen LogP contribution in [-0.2, 0) is 4.79 Å². The number of hydrogen-bond acceptors (Lipinski definition) is 3. The fourth-order valence-electron chi connectivity index (χ4n) is 2.08. The Morgan fingerprint density at radius 1 is 1.35 bits per heavy atom. The first-order chi connectivity index (χ1) is 11.8. The second-order valence-corrected chi connectivity index (χ2v) is 6.42. The summed E-state index contributed by atoms with van der Waals surface area (Å²) >= 11 is 0. The molecular weight excluding hydrogens is 450 g/mol. The molecule has 0 saturated heterocycles. The molecule has 0 aliphatic heterocycles. The van der Waals surface area contributed by atoms with Crippen LogP contribution in [0.1, 0.15) is 27.7 Å². The van der Waals surface area contributed by atoms with Crippen LogP contribution < -0.4 is 20.7 Å². The number of benzene rings is 1. The molecule has 26 heavy (non-hydrogen) atoms. The van der Waals surface area contributed by atoms with E-state index in [0.717, 1.165) is 0 Å². The number of nitrogens with zero attached hydrogens (tertiary/aromatic N) is 1. The Labute approximate surface area is 172 Å². The molecule has 3 N–H and O–H groups in total. The summed E-state index contributed by atoms with van der Waals surface area (Å²) in [6, 6.07) is 6.05. The lowest BCUT2D eigenvalue weighted by atomic mass is 9.93. The molecule has 0 bridgehead atoms. The van der Waals surface area contributed by atoms with Crippen LogP contribution in [0.25, 0.3) is 0 Å². The Kier molecular flexibility index (Phi) is 11.2. The van der Waals surface area contributed by atoms with Crippen molar-refractivity contribution in [2.45, 2.75) is 33.8 Å². The summed E-state index contributed by atoms with van der Waals surface area (Å²) in [5.41, 5.74) is -0.596. The van der Waals surface area contributed by atoms with E-state index in [1.165, 1.54) is 12.1 Å². The van der Waals surface area contributed by atoms with Gasteiger partial charge in [-0.2, -0.15) is 0 Å². The van der Waals surface area contributed by atoms with Gasteiger partial charge in [0.2, 0.25) is 5.91 Å². The summed E-state index contributed by atoms with van der Waals surface area (Å²) in [7, 11) is 1.61. The first-order valence-corrected chi connectivity index (χ1v) is 8.45. The van der Waals surface area contributed by atoms with E-state index in [2.05, 4.69) is 20.9 Å². The van der Waals surface area contributed by atoms with Gasteiger partial charge in [-0.1, -0.05) is 6.07 Å². The second-order valence-electron chi connectivity index (χ2n) is 6.42. The van der Waals surface area contributed by atoms with Crippen LogP contribution in [0, 0.1) is 11.2 Å². The Balaban J connectivity index is 0.00000625. The molecule has 8 heteroatoms. The first-order valence-electron chi connectivity index (χ1n) is 8.45. The summed E-state index contributed by atoms with van der Waals surface area (Å²) < 4.78 is 18.9. The van der Waals surface area contributed by atoms with Gasteiger partial charge in [0.25, 0.3) is 0 Å². The predicted molar refractivity (Wildman–Crippen MR) is 114 cm³/mol. The number of ether oxygens (including phenoxy) is 1. The first kappa shape index (κ1) is 24.4. The van der Waals surface area contributed by atoms with Crippen LogP contribution in [0.5, 0.6) is 5.75 Å². The van der Waals surface area contributed by atoms with Crippen molar-refractivity contribution in [3.05, 3.63) is 30.1 Å². The summed E-state index contributed by atoms with van der Waals surface area (Å²) in [5.74, 6) is 0.699. The predicted octanol–water partition coefficient (Wildman–Crippen LogP) is 2.54. The van der Waals surface area contributed by atoms with E-state index >= 15 is 0 Å². The highest BCUT2D eigenvalue weighted by Gasteiger charge is 2.26. The molecule has 1 aromatic carbocycles. The Hall–Kier alpha value is -1.58. The molecule has 0 aromatic heterocycles. The lowest BCUT2D eigenvalue weighted by Crippen LogP contribution is -2.43. The average molecular weight is 480 g/mol. The van der Waals surface area contributed by atoms with E-state index in [-0.39, 0.29) is 41.8 Å². The molecule has 0 aliphatic carbocycles. The largest absolute Gasteiger partial charge is 0.489 e. The number of carbonyl (C=O) groups excluding carboxylic acids is 1. The molecule has 0 spiro atoms. The number of guanidine groups is 1. The van der Waals surface area contributed by atoms with Gasteiger partial charge in [-0.25, -0.2) is 4.39 Å².